The second-order valence-corrected chi connectivity index (χ2v) is 5.91. The zero-order chi connectivity index (χ0) is 19.1. The van der Waals surface area contributed by atoms with Crippen molar-refractivity contribution in [3.8, 4) is 11.5 Å². The molecule has 26 heavy (non-hydrogen) atoms. The maximum absolute atomic E-state index is 12.3. The Morgan fingerprint density at radius 2 is 1.85 bits per heavy atom. The van der Waals surface area contributed by atoms with Crippen LogP contribution in [0.25, 0.3) is 0 Å². The van der Waals surface area contributed by atoms with Gasteiger partial charge in [-0.15, -0.1) is 0 Å². The molecule has 2 rings (SSSR count). The summed E-state index contributed by atoms with van der Waals surface area (Å²) in [5.41, 5.74) is 2.66. The number of benzene rings is 2. The van der Waals surface area contributed by atoms with Crippen LogP contribution >= 0.6 is 0 Å². The number of rotatable bonds is 7. The summed E-state index contributed by atoms with van der Waals surface area (Å²) >= 11 is 0. The first-order valence-corrected chi connectivity index (χ1v) is 8.27. The molecule has 6 nitrogen and oxygen atoms in total. The standard InChI is InChI=1S/C20H24N2O4/c1-14-6-5-7-16(10-14)12-21-20(24)13-22(15(2)23)18-9-8-17(25-3)11-19(18)26-4/h5-11H,12-13H2,1-4H3,(H,21,24). The Morgan fingerprint density at radius 3 is 2.46 bits per heavy atom. The number of ether oxygens (including phenoxy) is 2. The third-order valence-corrected chi connectivity index (χ3v) is 3.93. The molecule has 6 heteroatoms. The van der Waals surface area contributed by atoms with Crippen molar-refractivity contribution in [2.75, 3.05) is 25.7 Å². The molecule has 2 amide bonds. The minimum absolute atomic E-state index is 0.0934. The number of nitrogens with one attached hydrogen (secondary N) is 1. The summed E-state index contributed by atoms with van der Waals surface area (Å²) in [6.07, 6.45) is 0. The molecule has 0 fully saturated rings. The highest BCUT2D eigenvalue weighted by Gasteiger charge is 2.20. The van der Waals surface area contributed by atoms with Gasteiger partial charge in [-0.25, -0.2) is 0 Å². The van der Waals surface area contributed by atoms with Crippen LogP contribution in [0, 0.1) is 6.92 Å². The molecular weight excluding hydrogens is 332 g/mol. The molecule has 0 unspecified atom stereocenters. The van der Waals surface area contributed by atoms with Crippen molar-refractivity contribution in [3.63, 3.8) is 0 Å². The quantitative estimate of drug-likeness (QED) is 0.828. The van der Waals surface area contributed by atoms with E-state index in [1.165, 1.54) is 18.9 Å². The fraction of sp³-hybridized carbons (Fsp3) is 0.300. The predicted molar refractivity (Wildman–Crippen MR) is 101 cm³/mol. The van der Waals surface area contributed by atoms with Gasteiger partial charge in [0.1, 0.15) is 18.0 Å². The highest BCUT2D eigenvalue weighted by molar-refractivity contribution is 5.98. The molecule has 0 radical (unpaired) electrons. The molecule has 138 valence electrons. The van der Waals surface area contributed by atoms with Crippen molar-refractivity contribution in [1.82, 2.24) is 5.32 Å². The van der Waals surface area contributed by atoms with Gasteiger partial charge in [0.05, 0.1) is 19.9 Å². The Labute approximate surface area is 153 Å². The predicted octanol–water partition coefficient (Wildman–Crippen LogP) is 2.68. The second-order valence-electron chi connectivity index (χ2n) is 5.91. The van der Waals surface area contributed by atoms with Gasteiger partial charge < -0.3 is 14.8 Å². The van der Waals surface area contributed by atoms with E-state index in [0.29, 0.717) is 23.7 Å². The first-order valence-electron chi connectivity index (χ1n) is 8.27. The normalized spacial score (nSPS) is 10.2. The van der Waals surface area contributed by atoms with Crippen molar-refractivity contribution >= 4 is 17.5 Å². The molecule has 0 aliphatic carbocycles. The third kappa shape index (κ3) is 4.99. The topological polar surface area (TPSA) is 67.9 Å². The number of aryl methyl sites for hydroxylation is 1. The average Bonchev–Trinajstić information content (AvgIpc) is 2.64. The van der Waals surface area contributed by atoms with Crippen molar-refractivity contribution in [2.45, 2.75) is 20.4 Å². The van der Waals surface area contributed by atoms with Gasteiger partial charge in [0.25, 0.3) is 0 Å². The van der Waals surface area contributed by atoms with Gasteiger partial charge in [-0.3, -0.25) is 14.5 Å². The largest absolute Gasteiger partial charge is 0.497 e. The van der Waals surface area contributed by atoms with E-state index in [-0.39, 0.29) is 18.4 Å². The molecule has 0 aliphatic rings. The van der Waals surface area contributed by atoms with Crippen LogP contribution in [-0.2, 0) is 16.1 Å². The molecule has 0 bridgehead atoms. The van der Waals surface area contributed by atoms with E-state index in [0.717, 1.165) is 11.1 Å². The van der Waals surface area contributed by atoms with Crippen LogP contribution < -0.4 is 19.7 Å². The maximum Gasteiger partial charge on any atom is 0.240 e. The Morgan fingerprint density at radius 1 is 1.08 bits per heavy atom. The zero-order valence-electron chi connectivity index (χ0n) is 15.5. The fourth-order valence-corrected chi connectivity index (χ4v) is 2.60. The Hall–Kier alpha value is -3.02. The molecule has 0 aliphatic heterocycles. The molecular formula is C20H24N2O4. The maximum atomic E-state index is 12.3. The van der Waals surface area contributed by atoms with Crippen LogP contribution in [0.1, 0.15) is 18.1 Å². The van der Waals surface area contributed by atoms with Crippen LogP contribution in [0.3, 0.4) is 0 Å². The lowest BCUT2D eigenvalue weighted by atomic mass is 10.1. The average molecular weight is 356 g/mol. The van der Waals surface area contributed by atoms with Crippen molar-refractivity contribution < 1.29 is 19.1 Å². The van der Waals surface area contributed by atoms with E-state index in [4.69, 9.17) is 9.47 Å². The summed E-state index contributed by atoms with van der Waals surface area (Å²) in [6.45, 7) is 3.73. The monoisotopic (exact) mass is 356 g/mol. The number of hydrogen-bond acceptors (Lipinski definition) is 4. The van der Waals surface area contributed by atoms with Crippen molar-refractivity contribution in [3.05, 3.63) is 53.6 Å². The molecule has 0 spiro atoms. The minimum atomic E-state index is -0.251. The Balaban J connectivity index is 2.10. The summed E-state index contributed by atoms with van der Waals surface area (Å²) in [7, 11) is 3.06. The van der Waals surface area contributed by atoms with Gasteiger partial charge in [-0.1, -0.05) is 29.8 Å². The summed E-state index contributed by atoms with van der Waals surface area (Å²) < 4.78 is 10.5. The van der Waals surface area contributed by atoms with Crippen LogP contribution in [0.4, 0.5) is 5.69 Å². The van der Waals surface area contributed by atoms with E-state index >= 15 is 0 Å². The first-order chi connectivity index (χ1) is 12.4. The molecule has 1 N–H and O–H groups in total. The smallest absolute Gasteiger partial charge is 0.240 e. The number of carbonyl (C=O) groups excluding carboxylic acids is 2. The Bertz CT molecular complexity index is 789. The van der Waals surface area contributed by atoms with Gasteiger partial charge in [-0.2, -0.15) is 0 Å². The van der Waals surface area contributed by atoms with E-state index in [1.54, 1.807) is 25.3 Å². The van der Waals surface area contributed by atoms with E-state index in [9.17, 15) is 9.59 Å². The number of methoxy groups -OCH3 is 2. The van der Waals surface area contributed by atoms with Crippen LogP contribution in [0.2, 0.25) is 0 Å². The fourth-order valence-electron chi connectivity index (χ4n) is 2.60. The van der Waals surface area contributed by atoms with Gasteiger partial charge in [0.15, 0.2) is 0 Å². The van der Waals surface area contributed by atoms with E-state index < -0.39 is 0 Å². The summed E-state index contributed by atoms with van der Waals surface area (Å²) in [5, 5.41) is 2.84. The highest BCUT2D eigenvalue weighted by atomic mass is 16.5. The number of hydrogen-bond donors (Lipinski definition) is 1. The molecule has 0 saturated heterocycles. The van der Waals surface area contributed by atoms with Gasteiger partial charge in [0.2, 0.25) is 11.8 Å². The lowest BCUT2D eigenvalue weighted by Crippen LogP contribution is -2.39. The van der Waals surface area contributed by atoms with Crippen molar-refractivity contribution in [1.29, 1.82) is 0 Å². The van der Waals surface area contributed by atoms with Gasteiger partial charge >= 0.3 is 0 Å². The lowest BCUT2D eigenvalue weighted by molar-refractivity contribution is -0.123. The molecule has 0 aromatic heterocycles. The zero-order valence-corrected chi connectivity index (χ0v) is 15.5. The van der Waals surface area contributed by atoms with Crippen LogP contribution in [-0.4, -0.2) is 32.6 Å². The van der Waals surface area contributed by atoms with Gasteiger partial charge in [-0.05, 0) is 24.6 Å². The molecule has 2 aromatic rings. The van der Waals surface area contributed by atoms with Gasteiger partial charge in [0, 0.05) is 19.5 Å². The number of anilines is 1. The molecule has 0 saturated carbocycles. The number of amides is 2. The van der Waals surface area contributed by atoms with E-state index in [2.05, 4.69) is 5.32 Å². The number of nitrogens with zero attached hydrogens (tertiary/aromatic N) is 1. The van der Waals surface area contributed by atoms with E-state index in [1.807, 2.05) is 31.2 Å². The lowest BCUT2D eigenvalue weighted by Gasteiger charge is -2.23. The first kappa shape index (κ1) is 19.3. The van der Waals surface area contributed by atoms with Crippen LogP contribution in [0.5, 0.6) is 11.5 Å². The molecule has 0 atom stereocenters. The summed E-state index contributed by atoms with van der Waals surface area (Å²) in [5.74, 6) is 0.572. The minimum Gasteiger partial charge on any atom is -0.497 e. The summed E-state index contributed by atoms with van der Waals surface area (Å²) in [6, 6.07) is 13.0. The highest BCUT2D eigenvalue weighted by Crippen LogP contribution is 2.32. The van der Waals surface area contributed by atoms with Crippen molar-refractivity contribution in [2.24, 2.45) is 0 Å². The molecule has 0 heterocycles. The SMILES string of the molecule is COc1ccc(N(CC(=O)NCc2cccc(C)c2)C(C)=O)c(OC)c1. The van der Waals surface area contributed by atoms with Crippen LogP contribution in [0.15, 0.2) is 42.5 Å². The third-order valence-electron chi connectivity index (χ3n) is 3.93. The summed E-state index contributed by atoms with van der Waals surface area (Å²) in [4.78, 5) is 25.8. The number of carbonyl (C=O) groups is 2. The molecule has 2 aromatic carbocycles. The Kier molecular flexibility index (Phi) is 6.60. The second kappa shape index (κ2) is 8.89.